The number of benzene rings is 2. The third kappa shape index (κ3) is 4.50. The number of aromatic nitrogens is 2. The molecule has 4 rings (SSSR count). The number of amides is 1. The van der Waals surface area contributed by atoms with Crippen LogP contribution < -0.4 is 10.5 Å². The van der Waals surface area contributed by atoms with Crippen molar-refractivity contribution in [2.45, 2.75) is 30.1 Å². The van der Waals surface area contributed by atoms with Gasteiger partial charge in [0.25, 0.3) is 0 Å². The molecule has 1 aromatic heterocycles. The minimum atomic E-state index is -4.03. The maximum absolute atomic E-state index is 12.4. The van der Waals surface area contributed by atoms with Gasteiger partial charge in [0, 0.05) is 34.1 Å². The first-order valence-corrected chi connectivity index (χ1v) is 11.0. The molecule has 7 nitrogen and oxygen atoms in total. The number of imidazole rings is 1. The topological polar surface area (TPSA) is 118 Å². The average Bonchev–Trinajstić information content (AvgIpc) is 3.40. The molecule has 3 aromatic rings. The Hall–Kier alpha value is -2.68. The first kappa shape index (κ1) is 19.6. The van der Waals surface area contributed by atoms with Gasteiger partial charge in [-0.1, -0.05) is 29.8 Å². The van der Waals surface area contributed by atoms with Crippen LogP contribution in [0.3, 0.4) is 0 Å². The smallest absolute Gasteiger partial charge is 0.238 e. The second-order valence-corrected chi connectivity index (χ2v) is 8.97. The summed E-state index contributed by atoms with van der Waals surface area (Å²) >= 11 is 6.09. The third-order valence-electron chi connectivity index (χ3n) is 4.75. The molecule has 29 heavy (non-hydrogen) atoms. The van der Waals surface area contributed by atoms with Crippen LogP contribution in [0.15, 0.2) is 53.6 Å². The highest BCUT2D eigenvalue weighted by Gasteiger charge is 2.26. The summed E-state index contributed by atoms with van der Waals surface area (Å²) in [6.07, 6.45) is 3.98. The standard InChI is InChI=1S/C20H19ClN4O3S/c21-16-4-2-1-3-13(16)9-19(26)24-14-7-8-15(18(10-14)29(22,27)28)20-23-11-17(25-20)12-5-6-12/h1-4,7-8,10-12H,5-6,9H2,(H,23,25)(H,24,26)(H2,22,27,28). The van der Waals surface area contributed by atoms with E-state index < -0.39 is 10.0 Å². The van der Waals surface area contributed by atoms with E-state index in [1.165, 1.54) is 6.07 Å². The molecular formula is C20H19ClN4O3S. The van der Waals surface area contributed by atoms with E-state index in [-0.39, 0.29) is 17.2 Å². The van der Waals surface area contributed by atoms with E-state index in [2.05, 4.69) is 15.3 Å². The SMILES string of the molecule is NS(=O)(=O)c1cc(NC(=O)Cc2ccccc2Cl)ccc1-c1ncc(C2CC2)[nH]1. The Morgan fingerprint density at radius 2 is 2.00 bits per heavy atom. The van der Waals surface area contributed by atoms with Crippen LogP contribution in [0.1, 0.15) is 30.0 Å². The highest BCUT2D eigenvalue weighted by atomic mass is 35.5. The molecule has 4 N–H and O–H groups in total. The molecule has 0 saturated heterocycles. The Morgan fingerprint density at radius 1 is 1.24 bits per heavy atom. The lowest BCUT2D eigenvalue weighted by Gasteiger charge is -2.11. The van der Waals surface area contributed by atoms with Gasteiger partial charge in [0.15, 0.2) is 0 Å². The number of aromatic amines is 1. The van der Waals surface area contributed by atoms with Crippen LogP contribution in [0.2, 0.25) is 5.02 Å². The lowest BCUT2D eigenvalue weighted by molar-refractivity contribution is -0.115. The van der Waals surface area contributed by atoms with E-state index in [0.29, 0.717) is 33.6 Å². The van der Waals surface area contributed by atoms with Crippen molar-refractivity contribution < 1.29 is 13.2 Å². The van der Waals surface area contributed by atoms with Crippen LogP contribution >= 0.6 is 11.6 Å². The highest BCUT2D eigenvalue weighted by Crippen LogP contribution is 2.40. The molecule has 9 heteroatoms. The van der Waals surface area contributed by atoms with Crippen LogP contribution in [0.4, 0.5) is 5.69 Å². The minimum Gasteiger partial charge on any atom is -0.342 e. The molecule has 2 aromatic carbocycles. The van der Waals surface area contributed by atoms with Gasteiger partial charge in [0.2, 0.25) is 15.9 Å². The number of carbonyl (C=O) groups is 1. The van der Waals surface area contributed by atoms with E-state index in [9.17, 15) is 13.2 Å². The summed E-state index contributed by atoms with van der Waals surface area (Å²) in [5, 5.41) is 8.60. The zero-order valence-electron chi connectivity index (χ0n) is 15.4. The van der Waals surface area contributed by atoms with Gasteiger partial charge in [-0.15, -0.1) is 0 Å². The predicted octanol–water partition coefficient (Wildman–Crippen LogP) is 3.44. The van der Waals surface area contributed by atoms with Gasteiger partial charge in [-0.2, -0.15) is 0 Å². The Balaban J connectivity index is 1.60. The monoisotopic (exact) mass is 430 g/mol. The van der Waals surface area contributed by atoms with Crippen molar-refractivity contribution in [1.29, 1.82) is 0 Å². The Labute approximate surface area is 173 Å². The van der Waals surface area contributed by atoms with Gasteiger partial charge in [-0.05, 0) is 42.7 Å². The molecule has 0 atom stereocenters. The molecule has 1 amide bonds. The summed E-state index contributed by atoms with van der Waals surface area (Å²) in [5.74, 6) is 0.572. The second-order valence-electron chi connectivity index (χ2n) is 7.03. The van der Waals surface area contributed by atoms with E-state index in [0.717, 1.165) is 18.5 Å². The van der Waals surface area contributed by atoms with E-state index >= 15 is 0 Å². The summed E-state index contributed by atoms with van der Waals surface area (Å²) in [6.45, 7) is 0. The summed E-state index contributed by atoms with van der Waals surface area (Å²) < 4.78 is 24.3. The summed E-state index contributed by atoms with van der Waals surface area (Å²) in [5.41, 5.74) is 2.35. The number of halogens is 1. The van der Waals surface area contributed by atoms with Crippen LogP contribution in [-0.4, -0.2) is 24.3 Å². The molecule has 1 fully saturated rings. The molecular weight excluding hydrogens is 412 g/mol. The van der Waals surface area contributed by atoms with E-state index in [4.69, 9.17) is 16.7 Å². The molecule has 0 radical (unpaired) electrons. The molecule has 1 aliphatic carbocycles. The van der Waals surface area contributed by atoms with Gasteiger partial charge in [-0.3, -0.25) is 4.79 Å². The lowest BCUT2D eigenvalue weighted by atomic mass is 10.1. The number of sulfonamides is 1. The Morgan fingerprint density at radius 3 is 2.69 bits per heavy atom. The first-order chi connectivity index (χ1) is 13.8. The average molecular weight is 431 g/mol. The third-order valence-corrected chi connectivity index (χ3v) is 6.07. The molecule has 0 unspecified atom stereocenters. The Bertz CT molecular complexity index is 1190. The molecule has 1 saturated carbocycles. The van der Waals surface area contributed by atoms with Crippen molar-refractivity contribution in [3.63, 3.8) is 0 Å². The number of nitrogens with one attached hydrogen (secondary N) is 2. The molecule has 150 valence electrons. The van der Waals surface area contributed by atoms with Crippen molar-refractivity contribution in [2.75, 3.05) is 5.32 Å². The minimum absolute atomic E-state index is 0.0645. The van der Waals surface area contributed by atoms with Crippen molar-refractivity contribution >= 4 is 33.2 Å². The number of carbonyl (C=O) groups excluding carboxylic acids is 1. The summed E-state index contributed by atoms with van der Waals surface area (Å²) in [6, 6.07) is 11.6. The van der Waals surface area contributed by atoms with Gasteiger partial charge in [0.05, 0.1) is 11.3 Å². The van der Waals surface area contributed by atoms with Gasteiger partial charge in [0.1, 0.15) is 5.82 Å². The van der Waals surface area contributed by atoms with Crippen molar-refractivity contribution in [3.8, 4) is 11.4 Å². The zero-order valence-corrected chi connectivity index (χ0v) is 16.9. The Kier molecular flexibility index (Phi) is 5.16. The van der Waals surface area contributed by atoms with Crippen molar-refractivity contribution in [3.05, 3.63) is 64.9 Å². The fourth-order valence-corrected chi connectivity index (χ4v) is 4.09. The quantitative estimate of drug-likeness (QED) is 0.555. The number of H-pyrrole nitrogens is 1. The number of nitrogens with two attached hydrogens (primary N) is 1. The van der Waals surface area contributed by atoms with Gasteiger partial charge < -0.3 is 10.3 Å². The number of nitrogens with zero attached hydrogens (tertiary/aromatic N) is 1. The molecule has 0 aliphatic heterocycles. The van der Waals surface area contributed by atoms with Crippen LogP contribution in [0.25, 0.3) is 11.4 Å². The van der Waals surface area contributed by atoms with Gasteiger partial charge in [-0.25, -0.2) is 18.5 Å². The molecule has 0 bridgehead atoms. The zero-order chi connectivity index (χ0) is 20.6. The van der Waals surface area contributed by atoms with E-state index in [1.807, 2.05) is 0 Å². The summed E-state index contributed by atoms with van der Waals surface area (Å²) in [7, 11) is -4.03. The number of hydrogen-bond donors (Lipinski definition) is 3. The number of hydrogen-bond acceptors (Lipinski definition) is 4. The largest absolute Gasteiger partial charge is 0.342 e. The normalized spacial score (nSPS) is 14.0. The fraction of sp³-hybridized carbons (Fsp3) is 0.200. The maximum Gasteiger partial charge on any atom is 0.238 e. The van der Waals surface area contributed by atoms with Crippen LogP contribution in [0.5, 0.6) is 0 Å². The first-order valence-electron chi connectivity index (χ1n) is 9.06. The molecule has 1 aliphatic rings. The van der Waals surface area contributed by atoms with Gasteiger partial charge >= 0.3 is 0 Å². The predicted molar refractivity (Wildman–Crippen MR) is 111 cm³/mol. The molecule has 1 heterocycles. The molecule has 0 spiro atoms. The fourth-order valence-electron chi connectivity index (χ4n) is 3.13. The van der Waals surface area contributed by atoms with Crippen LogP contribution in [0, 0.1) is 0 Å². The highest BCUT2D eigenvalue weighted by molar-refractivity contribution is 7.89. The number of anilines is 1. The number of primary sulfonamides is 1. The summed E-state index contributed by atoms with van der Waals surface area (Å²) in [4.78, 5) is 19.7. The van der Waals surface area contributed by atoms with Crippen molar-refractivity contribution in [1.82, 2.24) is 9.97 Å². The maximum atomic E-state index is 12.4. The number of rotatable bonds is 6. The second kappa shape index (κ2) is 7.62. The van der Waals surface area contributed by atoms with Crippen LogP contribution in [-0.2, 0) is 21.2 Å². The lowest BCUT2D eigenvalue weighted by Crippen LogP contribution is -2.17. The van der Waals surface area contributed by atoms with E-state index in [1.54, 1.807) is 42.6 Å². The van der Waals surface area contributed by atoms with Crippen molar-refractivity contribution in [2.24, 2.45) is 5.14 Å².